The molecule has 0 fully saturated rings. The molecule has 5 rings (SSSR count). The molecule has 0 bridgehead atoms. The highest BCUT2D eigenvalue weighted by Crippen LogP contribution is 2.40. The van der Waals surface area contributed by atoms with Crippen molar-refractivity contribution >= 4 is 66.9 Å². The van der Waals surface area contributed by atoms with Crippen LogP contribution in [0.15, 0.2) is 54.0 Å². The fourth-order valence-corrected chi connectivity index (χ4v) is 5.46. The van der Waals surface area contributed by atoms with Crippen LogP contribution in [-0.4, -0.2) is 41.9 Å². The van der Waals surface area contributed by atoms with E-state index in [2.05, 4.69) is 34.9 Å². The summed E-state index contributed by atoms with van der Waals surface area (Å²) < 4.78 is 3.20. The number of nitrogens with zero attached hydrogens (tertiary/aromatic N) is 2. The zero-order chi connectivity index (χ0) is 22.4. The van der Waals surface area contributed by atoms with Gasteiger partial charge < -0.3 is 9.47 Å². The van der Waals surface area contributed by atoms with Crippen molar-refractivity contribution in [1.29, 1.82) is 0 Å². The van der Waals surface area contributed by atoms with Crippen LogP contribution in [0.5, 0.6) is 0 Å². The predicted octanol–water partition coefficient (Wildman–Crippen LogP) is 5.03. The average molecular weight is 464 g/mol. The Kier molecular flexibility index (Phi) is 5.37. The molecule has 7 heteroatoms. The third kappa shape index (κ3) is 3.54. The Morgan fingerprint density at radius 2 is 1.75 bits per heavy atom. The standard InChI is InChI=1S/C25H22ClN3O2S/c1-28(2)10-5-11-29-13-18(16-6-3-4-7-20(16)29)22-23(25(31)27-24(22)30)19-14-32-21-9-8-15(26)12-17(19)21/h3-4,6-9,12-14H,5,10-11H2,1-2H3,(H,27,30,31). The number of nitrogens with one attached hydrogen (secondary N) is 1. The molecule has 2 amide bonds. The lowest BCUT2D eigenvalue weighted by atomic mass is 9.95. The van der Waals surface area contributed by atoms with Gasteiger partial charge in [-0.25, -0.2) is 0 Å². The molecule has 2 aromatic carbocycles. The van der Waals surface area contributed by atoms with E-state index in [9.17, 15) is 9.59 Å². The van der Waals surface area contributed by atoms with Crippen LogP contribution in [0.4, 0.5) is 0 Å². The zero-order valence-corrected chi connectivity index (χ0v) is 19.4. The Morgan fingerprint density at radius 1 is 1.00 bits per heavy atom. The summed E-state index contributed by atoms with van der Waals surface area (Å²) in [7, 11) is 4.12. The van der Waals surface area contributed by atoms with Gasteiger partial charge in [-0.2, -0.15) is 0 Å². The van der Waals surface area contributed by atoms with E-state index in [1.807, 2.05) is 48.0 Å². The maximum atomic E-state index is 13.0. The summed E-state index contributed by atoms with van der Waals surface area (Å²) in [6.07, 6.45) is 2.99. The van der Waals surface area contributed by atoms with Crippen molar-refractivity contribution in [3.05, 3.63) is 70.2 Å². The number of para-hydroxylation sites is 1. The number of thiophene rings is 1. The summed E-state index contributed by atoms with van der Waals surface area (Å²) in [6, 6.07) is 13.7. The molecular weight excluding hydrogens is 442 g/mol. The lowest BCUT2D eigenvalue weighted by Gasteiger charge is -2.10. The second-order valence-electron chi connectivity index (χ2n) is 8.23. The Bertz CT molecular complexity index is 1410. The monoisotopic (exact) mass is 463 g/mol. The first-order chi connectivity index (χ1) is 15.4. The van der Waals surface area contributed by atoms with Crippen LogP contribution in [-0.2, 0) is 16.1 Å². The lowest BCUT2D eigenvalue weighted by molar-refractivity contribution is -0.122. The fraction of sp³-hybridized carbons (Fsp3) is 0.200. The first-order valence-electron chi connectivity index (χ1n) is 10.4. The van der Waals surface area contributed by atoms with Gasteiger partial charge in [-0.1, -0.05) is 29.8 Å². The van der Waals surface area contributed by atoms with Gasteiger partial charge in [-0.3, -0.25) is 14.9 Å². The van der Waals surface area contributed by atoms with E-state index in [4.69, 9.17) is 11.6 Å². The quantitative estimate of drug-likeness (QED) is 0.408. The van der Waals surface area contributed by atoms with Gasteiger partial charge in [-0.15, -0.1) is 11.3 Å². The molecule has 4 aromatic rings. The van der Waals surface area contributed by atoms with Crippen LogP contribution in [0.2, 0.25) is 5.02 Å². The van der Waals surface area contributed by atoms with Crippen LogP contribution in [0.3, 0.4) is 0 Å². The van der Waals surface area contributed by atoms with E-state index in [0.717, 1.165) is 51.6 Å². The van der Waals surface area contributed by atoms with Gasteiger partial charge in [-0.05, 0) is 51.3 Å². The molecule has 5 nitrogen and oxygen atoms in total. The first kappa shape index (κ1) is 20.9. The largest absolute Gasteiger partial charge is 0.347 e. The lowest BCUT2D eigenvalue weighted by Crippen LogP contribution is -2.22. The molecule has 0 spiro atoms. The van der Waals surface area contributed by atoms with Crippen LogP contribution in [0, 0.1) is 0 Å². The molecule has 2 aromatic heterocycles. The Morgan fingerprint density at radius 3 is 2.53 bits per heavy atom. The van der Waals surface area contributed by atoms with Crippen LogP contribution >= 0.6 is 22.9 Å². The maximum absolute atomic E-state index is 13.0. The highest BCUT2D eigenvalue weighted by molar-refractivity contribution is 7.17. The van der Waals surface area contributed by atoms with Crippen molar-refractivity contribution in [2.24, 2.45) is 0 Å². The van der Waals surface area contributed by atoms with E-state index < -0.39 is 0 Å². The normalized spacial score (nSPS) is 14.4. The molecule has 0 unspecified atom stereocenters. The van der Waals surface area contributed by atoms with Crippen molar-refractivity contribution in [3.63, 3.8) is 0 Å². The smallest absolute Gasteiger partial charge is 0.259 e. The van der Waals surface area contributed by atoms with Crippen LogP contribution in [0.25, 0.3) is 32.1 Å². The molecule has 1 aliphatic rings. The fourth-order valence-electron chi connectivity index (χ4n) is 4.35. The Balaban J connectivity index is 1.71. The van der Waals surface area contributed by atoms with E-state index in [1.54, 1.807) is 0 Å². The van der Waals surface area contributed by atoms with E-state index in [-0.39, 0.29) is 11.8 Å². The third-order valence-corrected chi connectivity index (χ3v) is 7.00. The highest BCUT2D eigenvalue weighted by Gasteiger charge is 2.35. The predicted molar refractivity (Wildman–Crippen MR) is 132 cm³/mol. The zero-order valence-electron chi connectivity index (χ0n) is 17.8. The van der Waals surface area contributed by atoms with Gasteiger partial charge in [0, 0.05) is 55.3 Å². The number of hydrogen-bond acceptors (Lipinski definition) is 4. The molecule has 0 radical (unpaired) electrons. The van der Waals surface area contributed by atoms with Gasteiger partial charge in [0.05, 0.1) is 11.1 Å². The number of aromatic nitrogens is 1. The second kappa shape index (κ2) is 8.20. The number of hydrogen-bond donors (Lipinski definition) is 1. The van der Waals surface area contributed by atoms with E-state index >= 15 is 0 Å². The molecular formula is C25H22ClN3O2S. The number of fused-ring (bicyclic) bond motifs is 2. The Hall–Kier alpha value is -2.93. The topological polar surface area (TPSA) is 54.3 Å². The van der Waals surface area contributed by atoms with Crippen molar-refractivity contribution in [2.45, 2.75) is 13.0 Å². The number of amides is 2. The molecule has 3 heterocycles. The second-order valence-corrected chi connectivity index (χ2v) is 9.58. The number of imide groups is 1. The summed E-state index contributed by atoms with van der Waals surface area (Å²) in [5.74, 6) is -0.725. The summed E-state index contributed by atoms with van der Waals surface area (Å²) >= 11 is 7.78. The summed E-state index contributed by atoms with van der Waals surface area (Å²) in [4.78, 5) is 28.1. The molecule has 32 heavy (non-hydrogen) atoms. The molecule has 1 N–H and O–H groups in total. The molecule has 162 valence electrons. The molecule has 0 aliphatic carbocycles. The van der Waals surface area contributed by atoms with Gasteiger partial charge in [0.25, 0.3) is 11.8 Å². The van der Waals surface area contributed by atoms with Crippen molar-refractivity contribution in [1.82, 2.24) is 14.8 Å². The number of benzene rings is 2. The SMILES string of the molecule is CN(C)CCCn1cc(C2=C(c3csc4ccc(Cl)cc34)C(=O)NC2=O)c2ccccc21. The van der Waals surface area contributed by atoms with Crippen LogP contribution < -0.4 is 5.32 Å². The van der Waals surface area contributed by atoms with Crippen molar-refractivity contribution in [2.75, 3.05) is 20.6 Å². The van der Waals surface area contributed by atoms with E-state index in [0.29, 0.717) is 16.2 Å². The van der Waals surface area contributed by atoms with E-state index in [1.165, 1.54) is 11.3 Å². The maximum Gasteiger partial charge on any atom is 0.259 e. The van der Waals surface area contributed by atoms with Crippen molar-refractivity contribution in [3.8, 4) is 0 Å². The minimum Gasteiger partial charge on any atom is -0.347 e. The van der Waals surface area contributed by atoms with Crippen LogP contribution in [0.1, 0.15) is 17.5 Å². The summed E-state index contributed by atoms with van der Waals surface area (Å²) in [5, 5.41) is 6.90. The third-order valence-electron chi connectivity index (χ3n) is 5.80. The molecule has 0 atom stereocenters. The average Bonchev–Trinajstić information content (AvgIpc) is 3.41. The summed E-state index contributed by atoms with van der Waals surface area (Å²) in [6.45, 7) is 1.80. The highest BCUT2D eigenvalue weighted by atomic mass is 35.5. The number of halogens is 1. The number of rotatable bonds is 6. The van der Waals surface area contributed by atoms with Gasteiger partial charge >= 0.3 is 0 Å². The number of carbonyl (C=O) groups is 2. The number of aryl methyl sites for hydroxylation is 1. The molecule has 1 aliphatic heterocycles. The van der Waals surface area contributed by atoms with Crippen molar-refractivity contribution < 1.29 is 9.59 Å². The molecule has 0 saturated carbocycles. The van der Waals surface area contributed by atoms with Gasteiger partial charge in [0.2, 0.25) is 0 Å². The van der Waals surface area contributed by atoms with Gasteiger partial charge in [0.15, 0.2) is 0 Å². The minimum atomic E-state index is -0.367. The molecule has 0 saturated heterocycles. The minimum absolute atomic E-state index is 0.359. The summed E-state index contributed by atoms with van der Waals surface area (Å²) in [5.41, 5.74) is 3.43. The van der Waals surface area contributed by atoms with Gasteiger partial charge in [0.1, 0.15) is 0 Å². The number of carbonyl (C=O) groups excluding carboxylic acids is 2. The first-order valence-corrected chi connectivity index (χ1v) is 11.7. The Labute approximate surface area is 194 Å².